The number of rotatable bonds is 3. The molecule has 0 saturated heterocycles. The van der Waals surface area contributed by atoms with Crippen LogP contribution in [0.2, 0.25) is 0 Å². The van der Waals surface area contributed by atoms with Gasteiger partial charge in [-0.15, -0.1) is 0 Å². The largest absolute Gasteiger partial charge is 0.0622 e. The Balaban J connectivity index is 1.89. The van der Waals surface area contributed by atoms with Gasteiger partial charge < -0.3 is 0 Å². The third kappa shape index (κ3) is 2.92. The SMILES string of the molecule is [c]1c(Cc2ccccc2)cccc1-c1ccccc1. The molecule has 0 heterocycles. The molecule has 0 aliphatic carbocycles. The third-order valence-electron chi connectivity index (χ3n) is 3.18. The van der Waals surface area contributed by atoms with E-state index in [0.717, 1.165) is 12.0 Å². The molecule has 3 aromatic carbocycles. The first kappa shape index (κ1) is 11.7. The van der Waals surface area contributed by atoms with Crippen LogP contribution in [0.3, 0.4) is 0 Å². The molecular formula is C19H15. The van der Waals surface area contributed by atoms with Crippen LogP contribution in [-0.2, 0) is 6.42 Å². The summed E-state index contributed by atoms with van der Waals surface area (Å²) in [6, 6.07) is 30.8. The summed E-state index contributed by atoms with van der Waals surface area (Å²) < 4.78 is 0. The van der Waals surface area contributed by atoms with Gasteiger partial charge in [0.25, 0.3) is 0 Å². The number of benzene rings is 3. The molecule has 0 heteroatoms. The topological polar surface area (TPSA) is 0 Å². The van der Waals surface area contributed by atoms with E-state index in [9.17, 15) is 0 Å². The van der Waals surface area contributed by atoms with E-state index in [1.165, 1.54) is 16.7 Å². The highest BCUT2D eigenvalue weighted by atomic mass is 14.0. The summed E-state index contributed by atoms with van der Waals surface area (Å²) in [4.78, 5) is 0. The highest BCUT2D eigenvalue weighted by Crippen LogP contribution is 2.20. The quantitative estimate of drug-likeness (QED) is 0.623. The minimum absolute atomic E-state index is 0.932. The van der Waals surface area contributed by atoms with Gasteiger partial charge >= 0.3 is 0 Å². The van der Waals surface area contributed by atoms with Crippen LogP contribution in [0.4, 0.5) is 0 Å². The maximum absolute atomic E-state index is 3.51. The Morgan fingerprint density at radius 3 is 2.05 bits per heavy atom. The predicted molar refractivity (Wildman–Crippen MR) is 80.0 cm³/mol. The summed E-state index contributed by atoms with van der Waals surface area (Å²) in [6.07, 6.45) is 0.932. The Hall–Kier alpha value is -2.34. The molecule has 91 valence electrons. The van der Waals surface area contributed by atoms with Crippen LogP contribution in [0.5, 0.6) is 0 Å². The van der Waals surface area contributed by atoms with Gasteiger partial charge in [0, 0.05) is 0 Å². The zero-order valence-corrected chi connectivity index (χ0v) is 10.7. The molecule has 0 amide bonds. The second-order valence-corrected chi connectivity index (χ2v) is 4.62. The zero-order chi connectivity index (χ0) is 12.9. The Morgan fingerprint density at radius 1 is 0.632 bits per heavy atom. The van der Waals surface area contributed by atoms with Crippen LogP contribution in [0.25, 0.3) is 11.1 Å². The lowest BCUT2D eigenvalue weighted by atomic mass is 9.99. The molecule has 0 aromatic heterocycles. The summed E-state index contributed by atoms with van der Waals surface area (Å²) in [6.45, 7) is 0. The first-order valence-electron chi connectivity index (χ1n) is 6.52. The maximum atomic E-state index is 3.51. The van der Waals surface area contributed by atoms with Crippen molar-refractivity contribution in [1.29, 1.82) is 0 Å². The third-order valence-corrected chi connectivity index (χ3v) is 3.18. The number of hydrogen-bond acceptors (Lipinski definition) is 0. The van der Waals surface area contributed by atoms with E-state index in [4.69, 9.17) is 0 Å². The minimum Gasteiger partial charge on any atom is -0.0622 e. The average Bonchev–Trinajstić information content (AvgIpc) is 2.49. The lowest BCUT2D eigenvalue weighted by molar-refractivity contribution is 1.19. The summed E-state index contributed by atoms with van der Waals surface area (Å²) >= 11 is 0. The van der Waals surface area contributed by atoms with Crippen molar-refractivity contribution in [3.63, 3.8) is 0 Å². The van der Waals surface area contributed by atoms with Crippen LogP contribution < -0.4 is 0 Å². The average molecular weight is 243 g/mol. The lowest BCUT2D eigenvalue weighted by Gasteiger charge is -2.05. The molecule has 0 aliphatic rings. The van der Waals surface area contributed by atoms with Crippen molar-refractivity contribution in [1.82, 2.24) is 0 Å². The fraction of sp³-hybridized carbons (Fsp3) is 0.0526. The van der Waals surface area contributed by atoms with E-state index >= 15 is 0 Å². The molecule has 0 aliphatic heterocycles. The molecule has 0 fully saturated rings. The Labute approximate surface area is 114 Å². The standard InChI is InChI=1S/C19H15/c1-3-8-16(9-4-1)14-17-10-7-13-19(15-17)18-11-5-2-6-12-18/h1-13H,14H2. The zero-order valence-electron chi connectivity index (χ0n) is 10.7. The highest BCUT2D eigenvalue weighted by Gasteiger charge is 2.00. The van der Waals surface area contributed by atoms with E-state index in [1.807, 2.05) is 12.1 Å². The van der Waals surface area contributed by atoms with Crippen molar-refractivity contribution in [3.05, 3.63) is 96.1 Å². The molecule has 3 aromatic rings. The van der Waals surface area contributed by atoms with Crippen LogP contribution >= 0.6 is 0 Å². The van der Waals surface area contributed by atoms with Crippen LogP contribution in [0.15, 0.2) is 78.9 Å². The fourth-order valence-electron chi connectivity index (χ4n) is 2.22. The minimum atomic E-state index is 0.932. The van der Waals surface area contributed by atoms with Gasteiger partial charge in [0.1, 0.15) is 0 Å². The van der Waals surface area contributed by atoms with E-state index in [2.05, 4.69) is 72.8 Å². The van der Waals surface area contributed by atoms with Crippen molar-refractivity contribution in [3.8, 4) is 11.1 Å². The molecule has 3 rings (SSSR count). The number of hydrogen-bond donors (Lipinski definition) is 0. The lowest BCUT2D eigenvalue weighted by Crippen LogP contribution is -1.89. The first-order chi connectivity index (χ1) is 9.42. The Morgan fingerprint density at radius 2 is 1.32 bits per heavy atom. The summed E-state index contributed by atoms with van der Waals surface area (Å²) in [5.74, 6) is 0. The fourth-order valence-corrected chi connectivity index (χ4v) is 2.22. The molecule has 0 bridgehead atoms. The maximum Gasteiger partial charge on any atom is -0.00194 e. The van der Waals surface area contributed by atoms with Gasteiger partial charge in [-0.05, 0) is 34.7 Å². The molecule has 0 spiro atoms. The molecular weight excluding hydrogens is 228 g/mol. The van der Waals surface area contributed by atoms with Crippen molar-refractivity contribution in [2.45, 2.75) is 6.42 Å². The van der Waals surface area contributed by atoms with E-state index < -0.39 is 0 Å². The summed E-state index contributed by atoms with van der Waals surface area (Å²) in [5, 5.41) is 0. The van der Waals surface area contributed by atoms with E-state index in [-0.39, 0.29) is 0 Å². The van der Waals surface area contributed by atoms with Gasteiger partial charge in [0.05, 0.1) is 0 Å². The van der Waals surface area contributed by atoms with Crippen molar-refractivity contribution >= 4 is 0 Å². The van der Waals surface area contributed by atoms with Crippen molar-refractivity contribution in [2.24, 2.45) is 0 Å². The van der Waals surface area contributed by atoms with Crippen LogP contribution in [0, 0.1) is 6.07 Å². The van der Waals surface area contributed by atoms with Crippen molar-refractivity contribution < 1.29 is 0 Å². The molecule has 0 unspecified atom stereocenters. The predicted octanol–water partition coefficient (Wildman–Crippen LogP) is 4.74. The highest BCUT2D eigenvalue weighted by molar-refractivity contribution is 5.63. The van der Waals surface area contributed by atoms with Crippen LogP contribution in [-0.4, -0.2) is 0 Å². The Bertz CT molecular complexity index is 639. The smallest absolute Gasteiger partial charge is 0.00194 e. The molecule has 0 nitrogen and oxygen atoms in total. The van der Waals surface area contributed by atoms with E-state index in [1.54, 1.807) is 0 Å². The Kier molecular flexibility index (Phi) is 3.42. The van der Waals surface area contributed by atoms with E-state index in [0.29, 0.717) is 0 Å². The molecule has 0 saturated carbocycles. The molecule has 1 radical (unpaired) electrons. The summed E-state index contributed by atoms with van der Waals surface area (Å²) in [5.41, 5.74) is 4.93. The summed E-state index contributed by atoms with van der Waals surface area (Å²) in [7, 11) is 0. The monoisotopic (exact) mass is 243 g/mol. The molecule has 0 atom stereocenters. The van der Waals surface area contributed by atoms with Gasteiger partial charge in [0.2, 0.25) is 0 Å². The molecule has 19 heavy (non-hydrogen) atoms. The van der Waals surface area contributed by atoms with Gasteiger partial charge in [-0.25, -0.2) is 0 Å². The van der Waals surface area contributed by atoms with Crippen LogP contribution in [0.1, 0.15) is 11.1 Å². The first-order valence-corrected chi connectivity index (χ1v) is 6.52. The normalized spacial score (nSPS) is 10.3. The van der Waals surface area contributed by atoms with Gasteiger partial charge in [-0.1, -0.05) is 78.9 Å². The second-order valence-electron chi connectivity index (χ2n) is 4.62. The second kappa shape index (κ2) is 5.53. The van der Waals surface area contributed by atoms with Crippen molar-refractivity contribution in [2.75, 3.05) is 0 Å². The van der Waals surface area contributed by atoms with Gasteiger partial charge in [0.15, 0.2) is 0 Å². The molecule has 0 N–H and O–H groups in total. The van der Waals surface area contributed by atoms with Gasteiger partial charge in [-0.2, -0.15) is 0 Å². The van der Waals surface area contributed by atoms with Gasteiger partial charge in [-0.3, -0.25) is 0 Å².